The third-order valence-corrected chi connectivity index (χ3v) is 4.51. The lowest BCUT2D eigenvalue weighted by Gasteiger charge is -2.35. The fourth-order valence-corrected chi connectivity index (χ4v) is 3.38. The number of hydrogen-bond donors (Lipinski definition) is 1. The fraction of sp³-hybridized carbons (Fsp3) is 0.467. The minimum Gasteiger partial charge on any atom is -0.463 e. The van der Waals surface area contributed by atoms with Gasteiger partial charge in [0.05, 0.1) is 18.2 Å². The Bertz CT molecular complexity index is 590. The zero-order chi connectivity index (χ0) is 15.0. The highest BCUT2D eigenvalue weighted by molar-refractivity contribution is 7.08. The molecule has 2 heterocycles. The first-order valence-electron chi connectivity index (χ1n) is 7.13. The van der Waals surface area contributed by atoms with Crippen LogP contribution in [0.15, 0.2) is 28.1 Å². The van der Waals surface area contributed by atoms with E-state index in [9.17, 15) is 9.59 Å². The number of esters is 1. The molecule has 112 valence electrons. The Morgan fingerprint density at radius 2 is 2.29 bits per heavy atom. The second-order valence-electron chi connectivity index (χ2n) is 5.26. The van der Waals surface area contributed by atoms with Crippen LogP contribution < -0.4 is 5.32 Å². The Balaban J connectivity index is 2.03. The van der Waals surface area contributed by atoms with Crippen molar-refractivity contribution in [1.29, 1.82) is 0 Å². The number of ether oxygens (including phenoxy) is 1. The number of hydrogen-bond acceptors (Lipinski definition) is 4. The topological polar surface area (TPSA) is 58.6 Å². The van der Waals surface area contributed by atoms with Gasteiger partial charge in [-0.3, -0.25) is 4.90 Å². The largest absolute Gasteiger partial charge is 0.463 e. The van der Waals surface area contributed by atoms with E-state index in [-0.39, 0.29) is 18.0 Å². The van der Waals surface area contributed by atoms with E-state index >= 15 is 0 Å². The van der Waals surface area contributed by atoms with E-state index in [0.29, 0.717) is 12.2 Å². The fourth-order valence-electron chi connectivity index (χ4n) is 2.69. The molecular formula is C15H18N2O3S. The van der Waals surface area contributed by atoms with Gasteiger partial charge < -0.3 is 10.1 Å². The van der Waals surface area contributed by atoms with Crippen molar-refractivity contribution >= 4 is 23.3 Å². The van der Waals surface area contributed by atoms with Crippen LogP contribution in [0, 0.1) is 0 Å². The summed E-state index contributed by atoms with van der Waals surface area (Å²) in [7, 11) is 0. The molecule has 1 aromatic rings. The van der Waals surface area contributed by atoms with Gasteiger partial charge in [-0.15, -0.1) is 0 Å². The van der Waals surface area contributed by atoms with Gasteiger partial charge in [0.15, 0.2) is 0 Å². The van der Waals surface area contributed by atoms with Gasteiger partial charge >= 0.3 is 12.0 Å². The van der Waals surface area contributed by atoms with Crippen LogP contribution in [0.3, 0.4) is 0 Å². The predicted octanol–water partition coefficient (Wildman–Crippen LogP) is 2.81. The summed E-state index contributed by atoms with van der Waals surface area (Å²) >= 11 is 1.54. The van der Waals surface area contributed by atoms with Crippen LogP contribution in [0.1, 0.15) is 38.3 Å². The van der Waals surface area contributed by atoms with Crippen molar-refractivity contribution in [3.05, 3.63) is 33.7 Å². The Morgan fingerprint density at radius 3 is 2.86 bits per heavy atom. The Kier molecular flexibility index (Phi) is 3.71. The molecule has 1 fully saturated rings. The van der Waals surface area contributed by atoms with Crippen molar-refractivity contribution in [3.63, 3.8) is 0 Å². The van der Waals surface area contributed by atoms with E-state index < -0.39 is 6.04 Å². The number of amides is 2. The van der Waals surface area contributed by atoms with Crippen LogP contribution in [0.2, 0.25) is 0 Å². The normalized spacial score (nSPS) is 22.3. The van der Waals surface area contributed by atoms with Crippen molar-refractivity contribution in [2.75, 3.05) is 6.61 Å². The van der Waals surface area contributed by atoms with Gasteiger partial charge in [0.2, 0.25) is 0 Å². The third-order valence-electron chi connectivity index (χ3n) is 3.81. The highest BCUT2D eigenvalue weighted by Gasteiger charge is 2.42. The van der Waals surface area contributed by atoms with Gasteiger partial charge in [0.25, 0.3) is 0 Å². The van der Waals surface area contributed by atoms with Gasteiger partial charge in [-0.05, 0) is 49.1 Å². The number of allylic oxidation sites excluding steroid dienone is 1. The molecule has 1 aromatic heterocycles. The molecule has 0 bridgehead atoms. The van der Waals surface area contributed by atoms with Crippen LogP contribution >= 0.6 is 11.3 Å². The first kappa shape index (κ1) is 14.1. The van der Waals surface area contributed by atoms with Crippen LogP contribution in [0.5, 0.6) is 0 Å². The van der Waals surface area contributed by atoms with Crippen LogP contribution in [-0.2, 0) is 9.53 Å². The monoisotopic (exact) mass is 306 g/mol. The summed E-state index contributed by atoms with van der Waals surface area (Å²) in [5.74, 6) is -0.350. The number of carbonyl (C=O) groups excluding carboxylic acids is 2. The van der Waals surface area contributed by atoms with E-state index in [2.05, 4.69) is 5.32 Å². The lowest BCUT2D eigenvalue weighted by atomic mass is 9.97. The van der Waals surface area contributed by atoms with E-state index in [1.807, 2.05) is 23.8 Å². The average molecular weight is 306 g/mol. The molecule has 21 heavy (non-hydrogen) atoms. The van der Waals surface area contributed by atoms with Crippen molar-refractivity contribution in [3.8, 4) is 0 Å². The minimum absolute atomic E-state index is 0.126. The van der Waals surface area contributed by atoms with Gasteiger partial charge in [0, 0.05) is 11.7 Å². The summed E-state index contributed by atoms with van der Waals surface area (Å²) in [6.07, 6.45) is 1.98. The molecule has 0 spiro atoms. The number of urea groups is 1. The minimum atomic E-state index is -0.419. The van der Waals surface area contributed by atoms with Crippen LogP contribution in [0.25, 0.3) is 0 Å². The average Bonchev–Trinajstić information content (AvgIpc) is 3.11. The standard InChI is InChI=1S/C15H18N2O3S/c1-3-20-14(18)12-9(2)17(11-4-5-11)15(19)16-13(12)10-6-7-21-8-10/h6-8,11,13H,3-5H2,1-2H3,(H,16,19). The molecule has 1 aliphatic heterocycles. The van der Waals surface area contributed by atoms with E-state index in [1.165, 1.54) is 0 Å². The molecule has 5 nitrogen and oxygen atoms in total. The molecule has 0 radical (unpaired) electrons. The Morgan fingerprint density at radius 1 is 1.52 bits per heavy atom. The van der Waals surface area contributed by atoms with Gasteiger partial charge in [-0.2, -0.15) is 11.3 Å². The number of nitrogens with one attached hydrogen (secondary N) is 1. The summed E-state index contributed by atoms with van der Waals surface area (Å²) < 4.78 is 5.19. The summed E-state index contributed by atoms with van der Waals surface area (Å²) in [5.41, 5.74) is 2.18. The highest BCUT2D eigenvalue weighted by Crippen LogP contribution is 2.38. The maximum absolute atomic E-state index is 12.4. The SMILES string of the molecule is CCOC(=O)C1=C(C)N(C2CC2)C(=O)NC1c1ccsc1. The Labute approximate surface area is 127 Å². The van der Waals surface area contributed by atoms with E-state index in [1.54, 1.807) is 23.2 Å². The molecule has 2 amide bonds. The van der Waals surface area contributed by atoms with Crippen LogP contribution in [-0.4, -0.2) is 29.5 Å². The third kappa shape index (κ3) is 2.55. The summed E-state index contributed by atoms with van der Waals surface area (Å²) in [4.78, 5) is 26.4. The number of nitrogens with zero attached hydrogens (tertiary/aromatic N) is 1. The van der Waals surface area contributed by atoms with Gasteiger partial charge in [-0.25, -0.2) is 9.59 Å². The quantitative estimate of drug-likeness (QED) is 0.870. The van der Waals surface area contributed by atoms with Gasteiger partial charge in [-0.1, -0.05) is 0 Å². The highest BCUT2D eigenvalue weighted by atomic mass is 32.1. The molecule has 1 N–H and O–H groups in total. The van der Waals surface area contributed by atoms with Crippen molar-refractivity contribution in [1.82, 2.24) is 10.2 Å². The molecule has 0 aromatic carbocycles. The molecule has 2 aliphatic rings. The maximum Gasteiger partial charge on any atom is 0.338 e. The zero-order valence-electron chi connectivity index (χ0n) is 12.1. The molecule has 6 heteroatoms. The molecule has 1 atom stereocenters. The summed E-state index contributed by atoms with van der Waals surface area (Å²) in [6, 6.07) is 1.60. The van der Waals surface area contributed by atoms with Crippen molar-refractivity contribution < 1.29 is 14.3 Å². The van der Waals surface area contributed by atoms with Gasteiger partial charge in [0.1, 0.15) is 0 Å². The van der Waals surface area contributed by atoms with Crippen molar-refractivity contribution in [2.24, 2.45) is 0 Å². The lowest BCUT2D eigenvalue weighted by Crippen LogP contribution is -2.48. The number of rotatable bonds is 4. The zero-order valence-corrected chi connectivity index (χ0v) is 12.9. The smallest absolute Gasteiger partial charge is 0.338 e. The molecule has 1 aliphatic carbocycles. The summed E-state index contributed by atoms with van der Waals surface area (Å²) in [5, 5.41) is 6.83. The number of carbonyl (C=O) groups is 2. The van der Waals surface area contributed by atoms with E-state index in [0.717, 1.165) is 24.1 Å². The second kappa shape index (κ2) is 5.52. The lowest BCUT2D eigenvalue weighted by molar-refractivity contribution is -0.139. The first-order chi connectivity index (χ1) is 10.1. The molecule has 1 unspecified atom stereocenters. The predicted molar refractivity (Wildman–Crippen MR) is 79.8 cm³/mol. The summed E-state index contributed by atoms with van der Waals surface area (Å²) in [6.45, 7) is 3.94. The number of thiophene rings is 1. The maximum atomic E-state index is 12.4. The molecular weight excluding hydrogens is 288 g/mol. The van der Waals surface area contributed by atoms with E-state index in [4.69, 9.17) is 4.74 Å². The molecule has 1 saturated carbocycles. The second-order valence-corrected chi connectivity index (χ2v) is 6.04. The molecule has 0 saturated heterocycles. The van der Waals surface area contributed by atoms with Crippen LogP contribution in [0.4, 0.5) is 4.79 Å². The Hall–Kier alpha value is -1.82. The molecule has 3 rings (SSSR count). The van der Waals surface area contributed by atoms with Crippen molar-refractivity contribution in [2.45, 2.75) is 38.8 Å². The first-order valence-corrected chi connectivity index (χ1v) is 8.07.